The van der Waals surface area contributed by atoms with Gasteiger partial charge in [0.2, 0.25) is 0 Å². The number of carbonyl (C=O) groups excluding carboxylic acids is 1. The summed E-state index contributed by atoms with van der Waals surface area (Å²) in [7, 11) is 0. The van der Waals surface area contributed by atoms with E-state index in [-0.39, 0.29) is 5.69 Å². The van der Waals surface area contributed by atoms with Crippen molar-refractivity contribution in [2.24, 2.45) is 0 Å². The van der Waals surface area contributed by atoms with Crippen molar-refractivity contribution in [3.63, 3.8) is 0 Å². The predicted octanol–water partition coefficient (Wildman–Crippen LogP) is 1.91. The molecule has 0 radical (unpaired) electrons. The summed E-state index contributed by atoms with van der Waals surface area (Å²) in [4.78, 5) is 10.4. The van der Waals surface area contributed by atoms with Crippen molar-refractivity contribution in [2.75, 3.05) is 11.1 Å². The van der Waals surface area contributed by atoms with E-state index < -0.39 is 23.6 Å². The van der Waals surface area contributed by atoms with Crippen LogP contribution in [0, 0.1) is 5.82 Å². The van der Waals surface area contributed by atoms with Gasteiger partial charge in [0.05, 0.1) is 5.69 Å². The van der Waals surface area contributed by atoms with Crippen LogP contribution in [0.5, 0.6) is 0 Å². The number of carbonyl (C=O) groups is 1. The van der Waals surface area contributed by atoms with E-state index in [0.717, 1.165) is 12.1 Å². The van der Waals surface area contributed by atoms with Gasteiger partial charge in [-0.15, -0.1) is 0 Å². The van der Waals surface area contributed by atoms with Gasteiger partial charge in [-0.1, -0.05) is 0 Å². The SMILES string of the molecule is Nc1ccc(NC(=O)C(F)(F)F)c(F)c1. The number of alkyl halides is 3. The van der Waals surface area contributed by atoms with Gasteiger partial charge in [-0.25, -0.2) is 4.39 Å². The number of nitrogen functional groups attached to an aromatic ring is 1. The monoisotopic (exact) mass is 222 g/mol. The number of amides is 1. The zero-order chi connectivity index (χ0) is 11.6. The van der Waals surface area contributed by atoms with Crippen LogP contribution in [-0.4, -0.2) is 12.1 Å². The molecule has 0 saturated carbocycles. The molecule has 0 aliphatic heterocycles. The second kappa shape index (κ2) is 3.76. The van der Waals surface area contributed by atoms with Crippen LogP contribution < -0.4 is 11.1 Å². The highest BCUT2D eigenvalue weighted by molar-refractivity contribution is 5.95. The van der Waals surface area contributed by atoms with Crippen LogP contribution >= 0.6 is 0 Å². The van der Waals surface area contributed by atoms with Gasteiger partial charge in [0.15, 0.2) is 0 Å². The van der Waals surface area contributed by atoms with Crippen molar-refractivity contribution in [2.45, 2.75) is 6.18 Å². The lowest BCUT2D eigenvalue weighted by Crippen LogP contribution is -2.30. The molecule has 1 amide bonds. The number of halogens is 4. The topological polar surface area (TPSA) is 55.1 Å². The number of rotatable bonds is 1. The summed E-state index contributed by atoms with van der Waals surface area (Å²) in [6, 6.07) is 2.94. The molecule has 0 atom stereocenters. The van der Waals surface area contributed by atoms with Crippen molar-refractivity contribution < 1.29 is 22.4 Å². The third-order valence-electron chi connectivity index (χ3n) is 1.50. The van der Waals surface area contributed by atoms with E-state index in [1.807, 2.05) is 0 Å². The Bertz CT molecular complexity index is 389. The lowest BCUT2D eigenvalue weighted by atomic mass is 10.2. The molecule has 1 aromatic rings. The summed E-state index contributed by atoms with van der Waals surface area (Å²) in [5.74, 6) is -3.25. The van der Waals surface area contributed by atoms with Crippen molar-refractivity contribution in [3.05, 3.63) is 24.0 Å². The minimum atomic E-state index is -5.05. The second-order valence-electron chi connectivity index (χ2n) is 2.69. The Morgan fingerprint density at radius 1 is 1.33 bits per heavy atom. The number of hydrogen-bond donors (Lipinski definition) is 2. The van der Waals surface area contributed by atoms with Gasteiger partial charge in [0.1, 0.15) is 5.82 Å². The quantitative estimate of drug-likeness (QED) is 0.563. The van der Waals surface area contributed by atoms with E-state index in [1.54, 1.807) is 0 Å². The first-order chi connectivity index (χ1) is 6.80. The highest BCUT2D eigenvalue weighted by Crippen LogP contribution is 2.21. The fraction of sp³-hybridized carbons (Fsp3) is 0.125. The van der Waals surface area contributed by atoms with E-state index in [4.69, 9.17) is 5.73 Å². The molecular weight excluding hydrogens is 216 g/mol. The Balaban J connectivity index is 2.87. The van der Waals surface area contributed by atoms with E-state index in [9.17, 15) is 22.4 Å². The van der Waals surface area contributed by atoms with E-state index in [2.05, 4.69) is 0 Å². The molecule has 1 aromatic carbocycles. The average molecular weight is 222 g/mol. The lowest BCUT2D eigenvalue weighted by Gasteiger charge is -2.08. The third kappa shape index (κ3) is 2.83. The van der Waals surface area contributed by atoms with Gasteiger partial charge in [-0.05, 0) is 18.2 Å². The van der Waals surface area contributed by atoms with Crippen LogP contribution in [0.25, 0.3) is 0 Å². The summed E-state index contributed by atoms with van der Waals surface area (Å²) >= 11 is 0. The first-order valence-electron chi connectivity index (χ1n) is 3.74. The van der Waals surface area contributed by atoms with Gasteiger partial charge in [0.25, 0.3) is 0 Å². The average Bonchev–Trinajstić information content (AvgIpc) is 2.08. The fourth-order valence-electron chi connectivity index (χ4n) is 0.826. The van der Waals surface area contributed by atoms with E-state index in [1.165, 1.54) is 11.4 Å². The number of benzene rings is 1. The summed E-state index contributed by atoms with van der Waals surface area (Å²) in [5.41, 5.74) is 4.66. The minimum Gasteiger partial charge on any atom is -0.399 e. The van der Waals surface area contributed by atoms with E-state index in [0.29, 0.717) is 0 Å². The molecule has 0 aromatic heterocycles. The largest absolute Gasteiger partial charge is 0.471 e. The standard InChI is InChI=1S/C8H6F4N2O/c9-5-3-4(13)1-2-6(5)14-7(15)8(10,11)12/h1-3H,13H2,(H,14,15). The maximum absolute atomic E-state index is 12.9. The molecule has 1 rings (SSSR count). The molecule has 0 unspecified atom stereocenters. The molecule has 3 N–H and O–H groups in total. The number of anilines is 2. The molecule has 3 nitrogen and oxygen atoms in total. The Morgan fingerprint density at radius 2 is 1.93 bits per heavy atom. The smallest absolute Gasteiger partial charge is 0.399 e. The number of nitrogens with one attached hydrogen (secondary N) is 1. The minimum absolute atomic E-state index is 0.0532. The molecule has 0 bridgehead atoms. The fourth-order valence-corrected chi connectivity index (χ4v) is 0.826. The van der Waals surface area contributed by atoms with Crippen LogP contribution in [-0.2, 0) is 4.79 Å². The van der Waals surface area contributed by atoms with Crippen molar-refractivity contribution >= 4 is 17.3 Å². The number of nitrogens with two attached hydrogens (primary N) is 1. The molecule has 0 fully saturated rings. The maximum atomic E-state index is 12.9. The van der Waals surface area contributed by atoms with Gasteiger partial charge in [-0.3, -0.25) is 4.79 Å². The summed E-state index contributed by atoms with van der Waals surface area (Å²) < 4.78 is 48.3. The normalized spacial score (nSPS) is 11.2. The highest BCUT2D eigenvalue weighted by atomic mass is 19.4. The Kier molecular flexibility index (Phi) is 2.83. The van der Waals surface area contributed by atoms with Gasteiger partial charge in [0, 0.05) is 5.69 Å². The zero-order valence-corrected chi connectivity index (χ0v) is 7.23. The predicted molar refractivity (Wildman–Crippen MR) is 45.5 cm³/mol. The van der Waals surface area contributed by atoms with Crippen LogP contribution in [0.3, 0.4) is 0 Å². The molecule has 0 saturated heterocycles. The molecule has 7 heteroatoms. The van der Waals surface area contributed by atoms with Gasteiger partial charge >= 0.3 is 12.1 Å². The molecule has 0 aliphatic carbocycles. The maximum Gasteiger partial charge on any atom is 0.471 e. The first-order valence-corrected chi connectivity index (χ1v) is 3.74. The molecular formula is C8H6F4N2O. The molecule has 0 heterocycles. The summed E-state index contributed by atoms with van der Waals surface area (Å²) in [6.07, 6.45) is -5.05. The van der Waals surface area contributed by atoms with Crippen molar-refractivity contribution in [1.29, 1.82) is 0 Å². The van der Waals surface area contributed by atoms with Crippen LogP contribution in [0.15, 0.2) is 18.2 Å². The zero-order valence-electron chi connectivity index (χ0n) is 7.23. The highest BCUT2D eigenvalue weighted by Gasteiger charge is 2.38. The van der Waals surface area contributed by atoms with Crippen LogP contribution in [0.4, 0.5) is 28.9 Å². The molecule has 0 spiro atoms. The number of hydrogen-bond acceptors (Lipinski definition) is 2. The van der Waals surface area contributed by atoms with Crippen molar-refractivity contribution in [3.8, 4) is 0 Å². The van der Waals surface area contributed by atoms with Crippen molar-refractivity contribution in [1.82, 2.24) is 0 Å². The first kappa shape index (κ1) is 11.3. The van der Waals surface area contributed by atoms with Crippen LogP contribution in [0.1, 0.15) is 0 Å². The third-order valence-corrected chi connectivity index (χ3v) is 1.50. The summed E-state index contributed by atoms with van der Waals surface area (Å²) in [6.45, 7) is 0. The van der Waals surface area contributed by atoms with Gasteiger partial charge in [-0.2, -0.15) is 13.2 Å². The molecule has 15 heavy (non-hydrogen) atoms. The second-order valence-corrected chi connectivity index (χ2v) is 2.69. The molecule has 0 aliphatic rings. The van der Waals surface area contributed by atoms with Crippen LogP contribution in [0.2, 0.25) is 0 Å². The lowest BCUT2D eigenvalue weighted by molar-refractivity contribution is -0.167. The Morgan fingerprint density at radius 3 is 2.40 bits per heavy atom. The Hall–Kier alpha value is -1.79. The van der Waals surface area contributed by atoms with Gasteiger partial charge < -0.3 is 11.1 Å². The summed E-state index contributed by atoms with van der Waals surface area (Å²) in [5, 5.41) is 1.38. The van der Waals surface area contributed by atoms with E-state index >= 15 is 0 Å². The Labute approximate surface area is 81.9 Å². The molecule has 82 valence electrons.